The number of fused-ring (bicyclic) bond motifs is 2. The number of ether oxygens (including phenoxy) is 1. The summed E-state index contributed by atoms with van der Waals surface area (Å²) in [6.45, 7) is 0.455. The molecule has 2 saturated heterocycles. The van der Waals surface area contributed by atoms with Gasteiger partial charge in [-0.05, 0) is 24.3 Å². The third-order valence-electron chi connectivity index (χ3n) is 3.88. The van der Waals surface area contributed by atoms with Crippen LogP contribution in [0.2, 0.25) is 0 Å². The molecule has 6 heteroatoms. The first-order valence-corrected chi connectivity index (χ1v) is 7.23. The molecule has 1 aromatic rings. The number of amides is 1. The largest absolute Gasteiger partial charge is 0.481 e. The minimum atomic E-state index is -0.927. The Hall–Kier alpha value is -1.40. The molecule has 1 amide bonds. The van der Waals surface area contributed by atoms with E-state index in [1.165, 1.54) is 0 Å². The number of hydrogen-bond acceptors (Lipinski definition) is 4. The predicted molar refractivity (Wildman–Crippen MR) is 68.7 cm³/mol. The van der Waals surface area contributed by atoms with E-state index in [1.807, 2.05) is 17.5 Å². The van der Waals surface area contributed by atoms with E-state index < -0.39 is 17.8 Å². The topological polar surface area (TPSA) is 75.6 Å². The van der Waals surface area contributed by atoms with Gasteiger partial charge in [-0.3, -0.25) is 9.59 Å². The maximum absolute atomic E-state index is 12.2. The molecule has 2 aliphatic heterocycles. The molecule has 0 saturated carbocycles. The molecule has 19 heavy (non-hydrogen) atoms. The highest BCUT2D eigenvalue weighted by Crippen LogP contribution is 2.43. The summed E-state index contributed by atoms with van der Waals surface area (Å²) in [6.07, 6.45) is 1.01. The van der Waals surface area contributed by atoms with Crippen molar-refractivity contribution >= 4 is 23.2 Å². The van der Waals surface area contributed by atoms with Gasteiger partial charge in [-0.1, -0.05) is 6.07 Å². The third-order valence-corrected chi connectivity index (χ3v) is 4.75. The summed E-state index contributed by atoms with van der Waals surface area (Å²) in [4.78, 5) is 24.5. The first kappa shape index (κ1) is 12.6. The minimum absolute atomic E-state index is 0.201. The second-order valence-electron chi connectivity index (χ2n) is 4.98. The van der Waals surface area contributed by atoms with Crippen LogP contribution in [0.25, 0.3) is 0 Å². The standard InChI is InChI=1S/C13H15NO4S/c15-12(14-6-7-2-1-5-19-7)10-8-3-4-9(18-8)11(10)13(16)17/h1-2,5,8-11H,3-4,6H2,(H,14,15)(H,16,17)/t8-,9-,10+,11-/m1/s1. The fraction of sp³-hybridized carbons (Fsp3) is 0.538. The van der Waals surface area contributed by atoms with Crippen LogP contribution in [0.15, 0.2) is 17.5 Å². The van der Waals surface area contributed by atoms with E-state index in [2.05, 4.69) is 5.32 Å². The van der Waals surface area contributed by atoms with Gasteiger partial charge in [0.15, 0.2) is 0 Å². The van der Waals surface area contributed by atoms with E-state index in [4.69, 9.17) is 4.74 Å². The predicted octanol–water partition coefficient (Wildman–Crippen LogP) is 1.24. The van der Waals surface area contributed by atoms with Crippen molar-refractivity contribution in [3.63, 3.8) is 0 Å². The van der Waals surface area contributed by atoms with Gasteiger partial charge >= 0.3 is 5.97 Å². The van der Waals surface area contributed by atoms with Crippen LogP contribution in [0.3, 0.4) is 0 Å². The van der Waals surface area contributed by atoms with E-state index in [0.29, 0.717) is 6.54 Å². The van der Waals surface area contributed by atoms with Crippen molar-refractivity contribution in [3.05, 3.63) is 22.4 Å². The first-order valence-electron chi connectivity index (χ1n) is 6.35. The average molecular weight is 281 g/mol. The van der Waals surface area contributed by atoms with Crippen molar-refractivity contribution in [1.29, 1.82) is 0 Å². The summed E-state index contributed by atoms with van der Waals surface area (Å²) in [5.74, 6) is -2.37. The molecule has 0 spiro atoms. The molecule has 0 aromatic carbocycles. The smallest absolute Gasteiger partial charge is 0.310 e. The normalized spacial score (nSPS) is 32.4. The van der Waals surface area contributed by atoms with Crippen molar-refractivity contribution in [2.45, 2.75) is 31.6 Å². The molecular weight excluding hydrogens is 266 g/mol. The lowest BCUT2D eigenvalue weighted by atomic mass is 9.79. The maximum atomic E-state index is 12.2. The molecule has 2 fully saturated rings. The van der Waals surface area contributed by atoms with Crippen LogP contribution in [0.4, 0.5) is 0 Å². The highest BCUT2D eigenvalue weighted by molar-refractivity contribution is 7.09. The highest BCUT2D eigenvalue weighted by Gasteiger charge is 2.55. The van der Waals surface area contributed by atoms with Crippen LogP contribution in [-0.2, 0) is 20.9 Å². The van der Waals surface area contributed by atoms with E-state index in [1.54, 1.807) is 11.3 Å². The summed E-state index contributed by atoms with van der Waals surface area (Å²) < 4.78 is 5.58. The number of carbonyl (C=O) groups is 2. The Morgan fingerprint density at radius 1 is 1.37 bits per heavy atom. The van der Waals surface area contributed by atoms with Crippen molar-refractivity contribution in [2.75, 3.05) is 0 Å². The van der Waals surface area contributed by atoms with E-state index in [-0.39, 0.29) is 18.1 Å². The van der Waals surface area contributed by atoms with Gasteiger partial charge < -0.3 is 15.2 Å². The van der Waals surface area contributed by atoms with Crippen molar-refractivity contribution in [1.82, 2.24) is 5.32 Å². The van der Waals surface area contributed by atoms with E-state index in [0.717, 1.165) is 17.7 Å². The van der Waals surface area contributed by atoms with E-state index in [9.17, 15) is 14.7 Å². The third kappa shape index (κ3) is 2.26. The zero-order valence-electron chi connectivity index (χ0n) is 10.2. The lowest BCUT2D eigenvalue weighted by Gasteiger charge is -2.23. The summed E-state index contributed by atoms with van der Waals surface area (Å²) in [7, 11) is 0. The molecule has 2 aliphatic rings. The van der Waals surface area contributed by atoms with Gasteiger partial charge in [0.25, 0.3) is 0 Å². The number of carboxylic acids is 1. The Morgan fingerprint density at radius 3 is 2.74 bits per heavy atom. The number of hydrogen-bond donors (Lipinski definition) is 2. The fourth-order valence-electron chi connectivity index (χ4n) is 3.03. The van der Waals surface area contributed by atoms with Crippen LogP contribution in [0.5, 0.6) is 0 Å². The van der Waals surface area contributed by atoms with Crippen molar-refractivity contribution in [3.8, 4) is 0 Å². The average Bonchev–Trinajstić information content (AvgIpc) is 3.10. The van der Waals surface area contributed by atoms with Gasteiger partial charge in [0.1, 0.15) is 0 Å². The Balaban J connectivity index is 1.66. The number of carbonyl (C=O) groups excluding carboxylic acids is 1. The zero-order valence-corrected chi connectivity index (χ0v) is 11.1. The monoisotopic (exact) mass is 281 g/mol. The van der Waals surface area contributed by atoms with Gasteiger partial charge in [0.05, 0.1) is 30.6 Å². The second kappa shape index (κ2) is 4.94. The molecule has 1 aromatic heterocycles. The summed E-state index contributed by atoms with van der Waals surface area (Å²) in [5.41, 5.74) is 0. The Bertz CT molecular complexity index is 487. The first-order chi connectivity index (χ1) is 9.16. The fourth-order valence-corrected chi connectivity index (χ4v) is 3.67. The number of carboxylic acid groups (broad SMARTS) is 1. The van der Waals surface area contributed by atoms with E-state index >= 15 is 0 Å². The molecule has 2 N–H and O–H groups in total. The molecule has 0 aliphatic carbocycles. The van der Waals surface area contributed by atoms with Crippen LogP contribution in [-0.4, -0.2) is 29.2 Å². The maximum Gasteiger partial charge on any atom is 0.310 e. The van der Waals surface area contributed by atoms with Crippen LogP contribution >= 0.6 is 11.3 Å². The molecule has 3 rings (SSSR count). The van der Waals surface area contributed by atoms with Gasteiger partial charge in [0, 0.05) is 4.88 Å². The number of thiophene rings is 1. The Labute approximate surface area is 114 Å². The quantitative estimate of drug-likeness (QED) is 0.870. The van der Waals surface area contributed by atoms with Gasteiger partial charge in [-0.15, -0.1) is 11.3 Å². The molecule has 102 valence electrons. The van der Waals surface area contributed by atoms with Crippen LogP contribution < -0.4 is 5.32 Å². The molecule has 4 atom stereocenters. The summed E-state index contributed by atoms with van der Waals surface area (Å²) >= 11 is 1.57. The number of rotatable bonds is 4. The number of aliphatic carboxylic acids is 1. The lowest BCUT2D eigenvalue weighted by Crippen LogP contribution is -2.43. The zero-order chi connectivity index (χ0) is 13.4. The SMILES string of the molecule is O=C(NCc1cccs1)[C@@H]1[C@H](C(=O)O)[C@H]2CC[C@H]1O2. The highest BCUT2D eigenvalue weighted by atomic mass is 32.1. The molecule has 3 heterocycles. The molecule has 2 bridgehead atoms. The molecule has 5 nitrogen and oxygen atoms in total. The summed E-state index contributed by atoms with van der Waals surface area (Å²) in [5, 5.41) is 14.0. The molecular formula is C13H15NO4S. The van der Waals surface area contributed by atoms with Gasteiger partial charge in [0.2, 0.25) is 5.91 Å². The van der Waals surface area contributed by atoms with Crippen molar-refractivity contribution in [2.24, 2.45) is 11.8 Å². The van der Waals surface area contributed by atoms with Gasteiger partial charge in [-0.25, -0.2) is 0 Å². The van der Waals surface area contributed by atoms with Crippen LogP contribution in [0, 0.1) is 11.8 Å². The minimum Gasteiger partial charge on any atom is -0.481 e. The van der Waals surface area contributed by atoms with Gasteiger partial charge in [-0.2, -0.15) is 0 Å². The Morgan fingerprint density at radius 2 is 2.11 bits per heavy atom. The Kier molecular flexibility index (Phi) is 3.28. The van der Waals surface area contributed by atoms with Crippen molar-refractivity contribution < 1.29 is 19.4 Å². The number of nitrogens with one attached hydrogen (secondary N) is 1. The lowest BCUT2D eigenvalue weighted by molar-refractivity contribution is -0.147. The second-order valence-corrected chi connectivity index (χ2v) is 6.01. The molecule has 0 unspecified atom stereocenters. The van der Waals surface area contributed by atoms with Crippen LogP contribution in [0.1, 0.15) is 17.7 Å². The summed E-state index contributed by atoms with van der Waals surface area (Å²) in [6, 6.07) is 3.86. The molecule has 0 radical (unpaired) electrons.